The fourth-order valence-electron chi connectivity index (χ4n) is 1.06. The molecule has 96 valence electrons. The van der Waals surface area contributed by atoms with Gasteiger partial charge in [-0.15, -0.1) is 23.1 Å². The van der Waals surface area contributed by atoms with E-state index in [4.69, 9.17) is 11.0 Å². The van der Waals surface area contributed by atoms with Crippen molar-refractivity contribution in [2.45, 2.75) is 4.21 Å². The standard InChI is InChI=1S/C10H10N2O4S2/c1-15-6(13)4-17-10-5(3-11)7(12)8(18-10)9(14)16-2/h4,12H2,1-2H3. The Morgan fingerprint density at radius 2 is 2.11 bits per heavy atom. The molecule has 2 N–H and O–H groups in total. The van der Waals surface area contributed by atoms with Crippen molar-refractivity contribution in [2.24, 2.45) is 0 Å². The summed E-state index contributed by atoms with van der Waals surface area (Å²) in [5.41, 5.74) is 5.96. The molecule has 0 amide bonds. The van der Waals surface area contributed by atoms with Gasteiger partial charge < -0.3 is 15.2 Å². The number of carbonyl (C=O) groups is 2. The summed E-state index contributed by atoms with van der Waals surface area (Å²) < 4.78 is 9.55. The molecule has 0 saturated heterocycles. The summed E-state index contributed by atoms with van der Waals surface area (Å²) in [5.74, 6) is -0.972. The van der Waals surface area contributed by atoms with Gasteiger partial charge in [-0.05, 0) is 0 Å². The van der Waals surface area contributed by atoms with E-state index in [1.807, 2.05) is 6.07 Å². The van der Waals surface area contributed by atoms with Gasteiger partial charge in [0, 0.05) is 0 Å². The van der Waals surface area contributed by atoms with Gasteiger partial charge in [0.1, 0.15) is 16.5 Å². The number of carbonyl (C=O) groups excluding carboxylic acids is 2. The van der Waals surface area contributed by atoms with E-state index in [1.54, 1.807) is 0 Å². The molecule has 0 unspecified atom stereocenters. The normalized spacial score (nSPS) is 9.61. The lowest BCUT2D eigenvalue weighted by atomic mass is 10.3. The first-order valence-electron chi connectivity index (χ1n) is 4.65. The fraction of sp³-hybridized carbons (Fsp3) is 0.300. The number of rotatable bonds is 4. The maximum atomic E-state index is 11.4. The lowest BCUT2D eigenvalue weighted by molar-refractivity contribution is -0.137. The van der Waals surface area contributed by atoms with Crippen molar-refractivity contribution in [3.8, 4) is 6.07 Å². The summed E-state index contributed by atoms with van der Waals surface area (Å²) >= 11 is 2.13. The zero-order valence-electron chi connectivity index (χ0n) is 9.68. The van der Waals surface area contributed by atoms with Crippen molar-refractivity contribution in [3.05, 3.63) is 10.4 Å². The SMILES string of the molecule is COC(=O)CSc1sc(C(=O)OC)c(N)c1C#N. The number of thiophene rings is 1. The molecule has 1 aromatic rings. The number of nitrogens with two attached hydrogens (primary N) is 1. The van der Waals surface area contributed by atoms with Crippen LogP contribution in [0, 0.1) is 11.3 Å². The number of methoxy groups -OCH3 is 2. The van der Waals surface area contributed by atoms with E-state index in [0.717, 1.165) is 23.1 Å². The van der Waals surface area contributed by atoms with Gasteiger partial charge in [-0.3, -0.25) is 4.79 Å². The number of nitriles is 1. The Kier molecular flexibility index (Phi) is 5.00. The number of hydrogen-bond acceptors (Lipinski definition) is 8. The van der Waals surface area contributed by atoms with Crippen molar-refractivity contribution in [1.82, 2.24) is 0 Å². The number of ether oxygens (including phenoxy) is 2. The number of anilines is 1. The van der Waals surface area contributed by atoms with Crippen LogP contribution in [0.4, 0.5) is 5.69 Å². The predicted molar refractivity (Wildman–Crippen MR) is 67.5 cm³/mol. The van der Waals surface area contributed by atoms with Crippen LogP contribution >= 0.6 is 23.1 Å². The Bertz CT molecular complexity index is 519. The molecule has 0 saturated carbocycles. The molecule has 0 aliphatic rings. The zero-order valence-corrected chi connectivity index (χ0v) is 11.3. The van der Waals surface area contributed by atoms with Crippen LogP contribution < -0.4 is 5.73 Å². The predicted octanol–water partition coefficient (Wildman–Crippen LogP) is 1.25. The highest BCUT2D eigenvalue weighted by Crippen LogP contribution is 2.38. The Balaban J connectivity index is 3.02. The fourth-order valence-corrected chi connectivity index (χ4v) is 3.21. The number of nitrogens with zero attached hydrogens (tertiary/aromatic N) is 1. The summed E-state index contributed by atoms with van der Waals surface area (Å²) in [7, 11) is 2.51. The van der Waals surface area contributed by atoms with Gasteiger partial charge in [0.2, 0.25) is 0 Å². The molecule has 0 radical (unpaired) electrons. The third-order valence-corrected chi connectivity index (χ3v) is 4.37. The van der Waals surface area contributed by atoms with E-state index in [2.05, 4.69) is 9.47 Å². The maximum Gasteiger partial charge on any atom is 0.350 e. The molecule has 0 atom stereocenters. The topological polar surface area (TPSA) is 102 Å². The molecular weight excluding hydrogens is 276 g/mol. The Hall–Kier alpha value is -1.72. The van der Waals surface area contributed by atoms with Gasteiger partial charge in [0.05, 0.1) is 29.9 Å². The van der Waals surface area contributed by atoms with Crippen molar-refractivity contribution in [1.29, 1.82) is 5.26 Å². The van der Waals surface area contributed by atoms with Crippen LogP contribution in [0.5, 0.6) is 0 Å². The molecule has 6 nitrogen and oxygen atoms in total. The number of esters is 2. The minimum atomic E-state index is -0.598. The van der Waals surface area contributed by atoms with Gasteiger partial charge in [-0.2, -0.15) is 5.26 Å². The number of hydrogen-bond donors (Lipinski definition) is 1. The molecule has 0 aliphatic carbocycles. The van der Waals surface area contributed by atoms with Crippen LogP contribution in [0.15, 0.2) is 4.21 Å². The first kappa shape index (κ1) is 14.3. The molecule has 0 aliphatic heterocycles. The highest BCUT2D eigenvalue weighted by atomic mass is 32.2. The summed E-state index contributed by atoms with van der Waals surface area (Å²) in [5, 5.41) is 8.98. The van der Waals surface area contributed by atoms with Crippen LogP contribution in [-0.2, 0) is 14.3 Å². The van der Waals surface area contributed by atoms with Gasteiger partial charge in [0.25, 0.3) is 0 Å². The summed E-state index contributed by atoms with van der Waals surface area (Å²) in [6.45, 7) is 0. The first-order valence-corrected chi connectivity index (χ1v) is 6.45. The van der Waals surface area contributed by atoms with Crippen LogP contribution in [0.3, 0.4) is 0 Å². The molecule has 0 bridgehead atoms. The summed E-state index contributed by atoms with van der Waals surface area (Å²) in [6.07, 6.45) is 0. The van der Waals surface area contributed by atoms with Gasteiger partial charge in [-0.25, -0.2) is 4.79 Å². The molecule has 8 heteroatoms. The lowest BCUT2D eigenvalue weighted by Gasteiger charge is -1.97. The lowest BCUT2D eigenvalue weighted by Crippen LogP contribution is -2.02. The highest BCUT2D eigenvalue weighted by Gasteiger charge is 2.22. The Labute approximate surface area is 112 Å². The molecule has 1 heterocycles. The van der Waals surface area contributed by atoms with Gasteiger partial charge in [-0.1, -0.05) is 0 Å². The number of thioether (sulfide) groups is 1. The number of nitrogen functional groups attached to an aromatic ring is 1. The monoisotopic (exact) mass is 286 g/mol. The van der Waals surface area contributed by atoms with Gasteiger partial charge >= 0.3 is 11.9 Å². The van der Waals surface area contributed by atoms with Gasteiger partial charge in [0.15, 0.2) is 0 Å². The van der Waals surface area contributed by atoms with Crippen molar-refractivity contribution in [3.63, 3.8) is 0 Å². The van der Waals surface area contributed by atoms with E-state index in [-0.39, 0.29) is 21.9 Å². The van der Waals surface area contributed by atoms with Crippen molar-refractivity contribution in [2.75, 3.05) is 25.7 Å². The quantitative estimate of drug-likeness (QED) is 0.656. The smallest absolute Gasteiger partial charge is 0.350 e. The molecule has 1 aromatic heterocycles. The van der Waals surface area contributed by atoms with Crippen LogP contribution in [0.25, 0.3) is 0 Å². The second kappa shape index (κ2) is 6.28. The average Bonchev–Trinajstić information content (AvgIpc) is 2.71. The van der Waals surface area contributed by atoms with Crippen molar-refractivity contribution >= 4 is 40.7 Å². The molecule has 0 fully saturated rings. The minimum Gasteiger partial charge on any atom is -0.468 e. The minimum absolute atomic E-state index is 0.0474. The zero-order chi connectivity index (χ0) is 13.7. The van der Waals surface area contributed by atoms with Crippen LogP contribution in [-0.4, -0.2) is 31.9 Å². The van der Waals surface area contributed by atoms with E-state index in [9.17, 15) is 9.59 Å². The average molecular weight is 286 g/mol. The molecule has 1 rings (SSSR count). The Morgan fingerprint density at radius 1 is 1.44 bits per heavy atom. The third-order valence-electron chi connectivity index (χ3n) is 1.94. The molecule has 0 spiro atoms. The molecule has 0 aromatic carbocycles. The van der Waals surface area contributed by atoms with Crippen molar-refractivity contribution < 1.29 is 19.1 Å². The van der Waals surface area contributed by atoms with Crippen LogP contribution in [0.1, 0.15) is 15.2 Å². The second-order valence-corrected chi connectivity index (χ2v) is 5.24. The summed E-state index contributed by atoms with van der Waals surface area (Å²) in [6, 6.07) is 1.91. The third kappa shape index (κ3) is 2.94. The van der Waals surface area contributed by atoms with E-state index in [1.165, 1.54) is 14.2 Å². The maximum absolute atomic E-state index is 11.4. The van der Waals surface area contributed by atoms with E-state index < -0.39 is 11.9 Å². The Morgan fingerprint density at radius 3 is 2.61 bits per heavy atom. The van der Waals surface area contributed by atoms with E-state index in [0.29, 0.717) is 4.21 Å². The largest absolute Gasteiger partial charge is 0.468 e. The van der Waals surface area contributed by atoms with E-state index >= 15 is 0 Å². The molecular formula is C10H10N2O4S2. The summed E-state index contributed by atoms with van der Waals surface area (Å²) in [4.78, 5) is 22.6. The molecule has 18 heavy (non-hydrogen) atoms. The van der Waals surface area contributed by atoms with Crippen LogP contribution in [0.2, 0.25) is 0 Å². The highest BCUT2D eigenvalue weighted by molar-refractivity contribution is 8.01. The first-order chi connectivity index (χ1) is 8.54. The second-order valence-electron chi connectivity index (χ2n) is 2.98.